The van der Waals surface area contributed by atoms with E-state index in [1.807, 2.05) is 49.4 Å². The SMILES string of the molecule is CC1=C(C#N)[C@H](c2ccccc2Cl)C2=C(C[C@H](c3ccccc3)CC2=O)N1. The van der Waals surface area contributed by atoms with Crippen molar-refractivity contribution in [2.24, 2.45) is 0 Å². The molecule has 1 aliphatic heterocycles. The van der Waals surface area contributed by atoms with Gasteiger partial charge in [-0.3, -0.25) is 4.79 Å². The first kappa shape index (κ1) is 17.6. The molecule has 1 heterocycles. The normalized spacial score (nSPS) is 22.2. The molecule has 2 aromatic carbocycles. The summed E-state index contributed by atoms with van der Waals surface area (Å²) in [6.07, 6.45) is 1.20. The van der Waals surface area contributed by atoms with Crippen LogP contribution in [0.3, 0.4) is 0 Å². The van der Waals surface area contributed by atoms with Gasteiger partial charge in [0.05, 0.1) is 17.6 Å². The quantitative estimate of drug-likeness (QED) is 0.783. The van der Waals surface area contributed by atoms with Gasteiger partial charge in [-0.25, -0.2) is 0 Å². The van der Waals surface area contributed by atoms with Gasteiger partial charge in [-0.05, 0) is 36.5 Å². The molecule has 0 spiro atoms. The van der Waals surface area contributed by atoms with Crippen molar-refractivity contribution in [3.05, 3.63) is 93.3 Å². The van der Waals surface area contributed by atoms with Crippen molar-refractivity contribution in [1.82, 2.24) is 5.32 Å². The van der Waals surface area contributed by atoms with Crippen LogP contribution in [-0.2, 0) is 4.79 Å². The maximum atomic E-state index is 13.2. The molecule has 0 unspecified atom stereocenters. The van der Waals surface area contributed by atoms with Crippen LogP contribution in [0.25, 0.3) is 0 Å². The number of halogens is 1. The third kappa shape index (κ3) is 3.07. The molecule has 134 valence electrons. The molecule has 4 rings (SSSR count). The Balaban J connectivity index is 1.82. The van der Waals surface area contributed by atoms with Gasteiger partial charge in [0.15, 0.2) is 5.78 Å². The van der Waals surface area contributed by atoms with Crippen molar-refractivity contribution in [3.8, 4) is 6.07 Å². The van der Waals surface area contributed by atoms with Gasteiger partial charge >= 0.3 is 0 Å². The van der Waals surface area contributed by atoms with Crippen LogP contribution in [0.5, 0.6) is 0 Å². The van der Waals surface area contributed by atoms with Crippen LogP contribution in [0.1, 0.15) is 42.7 Å². The lowest BCUT2D eigenvalue weighted by atomic mass is 9.72. The molecule has 0 amide bonds. The second-order valence-corrected chi connectivity index (χ2v) is 7.47. The highest BCUT2D eigenvalue weighted by atomic mass is 35.5. The van der Waals surface area contributed by atoms with E-state index in [-0.39, 0.29) is 11.7 Å². The smallest absolute Gasteiger partial charge is 0.162 e. The molecule has 0 saturated carbocycles. The third-order valence-corrected chi connectivity index (χ3v) is 5.78. The number of carbonyl (C=O) groups is 1. The minimum absolute atomic E-state index is 0.0859. The van der Waals surface area contributed by atoms with Crippen LogP contribution < -0.4 is 5.32 Å². The Morgan fingerprint density at radius 3 is 2.48 bits per heavy atom. The van der Waals surface area contributed by atoms with E-state index in [2.05, 4.69) is 23.5 Å². The summed E-state index contributed by atoms with van der Waals surface area (Å²) in [6, 6.07) is 19.9. The van der Waals surface area contributed by atoms with Gasteiger partial charge in [0.1, 0.15) is 0 Å². The van der Waals surface area contributed by atoms with Crippen LogP contribution in [0.2, 0.25) is 5.02 Å². The van der Waals surface area contributed by atoms with E-state index in [4.69, 9.17) is 11.6 Å². The molecule has 0 aromatic heterocycles. The predicted octanol–water partition coefficient (Wildman–Crippen LogP) is 5.23. The second-order valence-electron chi connectivity index (χ2n) is 7.06. The molecular formula is C23H19ClN2O. The summed E-state index contributed by atoms with van der Waals surface area (Å²) < 4.78 is 0. The van der Waals surface area contributed by atoms with Gasteiger partial charge in [-0.2, -0.15) is 5.26 Å². The summed E-state index contributed by atoms with van der Waals surface area (Å²) in [5, 5.41) is 13.7. The largest absolute Gasteiger partial charge is 0.361 e. The zero-order valence-corrected chi connectivity index (χ0v) is 15.8. The summed E-state index contributed by atoms with van der Waals surface area (Å²) in [4.78, 5) is 13.2. The van der Waals surface area contributed by atoms with Gasteiger partial charge in [-0.15, -0.1) is 0 Å². The fraction of sp³-hybridized carbons (Fsp3) is 0.217. The van der Waals surface area contributed by atoms with Crippen molar-refractivity contribution in [1.29, 1.82) is 5.26 Å². The third-order valence-electron chi connectivity index (χ3n) is 5.44. The van der Waals surface area contributed by atoms with Crippen LogP contribution in [0, 0.1) is 11.3 Å². The Hall–Kier alpha value is -2.83. The average molecular weight is 375 g/mol. The molecule has 27 heavy (non-hydrogen) atoms. The fourth-order valence-corrected chi connectivity index (χ4v) is 4.41. The van der Waals surface area contributed by atoms with E-state index in [0.717, 1.165) is 23.4 Å². The topological polar surface area (TPSA) is 52.9 Å². The summed E-state index contributed by atoms with van der Waals surface area (Å²) >= 11 is 6.44. The molecule has 2 aliphatic rings. The average Bonchev–Trinajstić information content (AvgIpc) is 2.68. The Labute approximate surface area is 164 Å². The first-order chi connectivity index (χ1) is 13.1. The lowest BCUT2D eigenvalue weighted by molar-refractivity contribution is -0.116. The number of hydrogen-bond donors (Lipinski definition) is 1. The van der Waals surface area contributed by atoms with Crippen LogP contribution in [0.15, 0.2) is 77.1 Å². The standard InChI is InChI=1S/C23H19ClN2O/c1-14-18(13-25)22(17-9-5-6-10-19(17)24)23-20(26-14)11-16(12-21(23)27)15-7-3-2-4-8-15/h2-10,16,22,26H,11-12H2,1H3/t16-,22-/m0/s1. The van der Waals surface area contributed by atoms with Crippen LogP contribution in [0.4, 0.5) is 0 Å². The summed E-state index contributed by atoms with van der Waals surface area (Å²) in [6.45, 7) is 1.89. The number of nitriles is 1. The highest BCUT2D eigenvalue weighted by molar-refractivity contribution is 6.31. The van der Waals surface area contributed by atoms with Crippen molar-refractivity contribution in [2.45, 2.75) is 31.6 Å². The Kier molecular flexibility index (Phi) is 4.59. The van der Waals surface area contributed by atoms with Gasteiger partial charge in [0.25, 0.3) is 0 Å². The molecule has 1 N–H and O–H groups in total. The molecule has 1 aliphatic carbocycles. The predicted molar refractivity (Wildman–Crippen MR) is 106 cm³/mol. The maximum Gasteiger partial charge on any atom is 0.162 e. The van der Waals surface area contributed by atoms with Crippen molar-refractivity contribution >= 4 is 17.4 Å². The summed E-state index contributed by atoms with van der Waals surface area (Å²) in [5.41, 5.74) is 4.95. The molecule has 0 bridgehead atoms. The number of nitrogens with zero attached hydrogens (tertiary/aromatic N) is 1. The van der Waals surface area contributed by atoms with E-state index in [0.29, 0.717) is 22.6 Å². The highest BCUT2D eigenvalue weighted by Gasteiger charge is 2.39. The molecule has 2 atom stereocenters. The number of benzene rings is 2. The van der Waals surface area contributed by atoms with Crippen molar-refractivity contribution < 1.29 is 4.79 Å². The van der Waals surface area contributed by atoms with E-state index in [1.165, 1.54) is 5.56 Å². The number of rotatable bonds is 2. The van der Waals surface area contributed by atoms with Gasteiger partial charge in [-0.1, -0.05) is 60.1 Å². The zero-order valence-electron chi connectivity index (χ0n) is 15.0. The van der Waals surface area contributed by atoms with Gasteiger partial charge in [0.2, 0.25) is 0 Å². The Morgan fingerprint density at radius 1 is 1.07 bits per heavy atom. The molecule has 0 radical (unpaired) electrons. The Morgan fingerprint density at radius 2 is 1.78 bits per heavy atom. The lowest BCUT2D eigenvalue weighted by Gasteiger charge is -2.36. The number of allylic oxidation sites excluding steroid dienone is 4. The van der Waals surface area contributed by atoms with E-state index in [1.54, 1.807) is 0 Å². The van der Waals surface area contributed by atoms with E-state index >= 15 is 0 Å². The fourth-order valence-electron chi connectivity index (χ4n) is 4.17. The number of Topliss-reactive ketones (excluding diaryl/α,β-unsaturated/α-hetero) is 1. The van der Waals surface area contributed by atoms with Crippen molar-refractivity contribution in [2.75, 3.05) is 0 Å². The van der Waals surface area contributed by atoms with Crippen LogP contribution >= 0.6 is 11.6 Å². The second kappa shape index (κ2) is 7.06. The molecule has 0 saturated heterocycles. The first-order valence-corrected chi connectivity index (χ1v) is 9.41. The van der Waals surface area contributed by atoms with E-state index < -0.39 is 5.92 Å². The molecule has 4 heteroatoms. The minimum atomic E-state index is -0.399. The maximum absolute atomic E-state index is 13.2. The van der Waals surface area contributed by atoms with Crippen molar-refractivity contribution in [3.63, 3.8) is 0 Å². The Bertz CT molecular complexity index is 1010. The van der Waals surface area contributed by atoms with E-state index in [9.17, 15) is 10.1 Å². The van der Waals surface area contributed by atoms with Gasteiger partial charge < -0.3 is 5.32 Å². The highest BCUT2D eigenvalue weighted by Crippen LogP contribution is 2.46. The monoisotopic (exact) mass is 374 g/mol. The molecule has 3 nitrogen and oxygen atoms in total. The number of ketones is 1. The number of hydrogen-bond acceptors (Lipinski definition) is 3. The van der Waals surface area contributed by atoms with Crippen LogP contribution in [-0.4, -0.2) is 5.78 Å². The first-order valence-electron chi connectivity index (χ1n) is 9.03. The molecule has 0 fully saturated rings. The molecular weight excluding hydrogens is 356 g/mol. The number of nitrogens with one attached hydrogen (secondary N) is 1. The summed E-state index contributed by atoms with van der Waals surface area (Å²) in [7, 11) is 0. The summed E-state index contributed by atoms with van der Waals surface area (Å²) in [5.74, 6) is -0.166. The minimum Gasteiger partial charge on any atom is -0.361 e. The zero-order chi connectivity index (χ0) is 19.0. The lowest BCUT2D eigenvalue weighted by Crippen LogP contribution is -2.33. The number of carbonyl (C=O) groups excluding carboxylic acids is 1. The molecule has 2 aromatic rings. The van der Waals surface area contributed by atoms with Gasteiger partial charge in [0, 0.05) is 28.4 Å². The number of dihydropyridines is 1.